The highest BCUT2D eigenvalue weighted by Gasteiger charge is 2.22. The number of thiazole rings is 1. The molecule has 174 valence electrons. The van der Waals surface area contributed by atoms with Crippen LogP contribution in [0.5, 0.6) is 5.75 Å². The Kier molecular flexibility index (Phi) is 6.22. The topological polar surface area (TPSA) is 140 Å². The molecule has 1 heterocycles. The number of aromatic nitrogens is 1. The first kappa shape index (κ1) is 23.2. The van der Waals surface area contributed by atoms with Crippen molar-refractivity contribution in [1.29, 1.82) is 0 Å². The smallest absolute Gasteiger partial charge is 0.262 e. The first-order valence-electron chi connectivity index (χ1n) is 9.96. The molecule has 34 heavy (non-hydrogen) atoms. The molecule has 0 atom stereocenters. The van der Waals surface area contributed by atoms with E-state index in [2.05, 4.69) is 15.0 Å². The molecule has 0 bridgehead atoms. The highest BCUT2D eigenvalue weighted by molar-refractivity contribution is 7.92. The van der Waals surface area contributed by atoms with Gasteiger partial charge in [0, 0.05) is 6.92 Å². The number of carbonyl (C=O) groups excluding carboxylic acids is 2. The van der Waals surface area contributed by atoms with Gasteiger partial charge in [-0.1, -0.05) is 35.6 Å². The summed E-state index contributed by atoms with van der Waals surface area (Å²) in [4.78, 5) is 27.9. The second kappa shape index (κ2) is 9.12. The van der Waals surface area contributed by atoms with Crippen molar-refractivity contribution in [3.8, 4) is 16.9 Å². The molecule has 3 aromatic carbocycles. The summed E-state index contributed by atoms with van der Waals surface area (Å²) < 4.78 is 34.5. The predicted octanol–water partition coefficient (Wildman–Crippen LogP) is 3.83. The van der Waals surface area contributed by atoms with Crippen molar-refractivity contribution >= 4 is 54.2 Å². The number of nitrogens with two attached hydrogens (primary N) is 1. The Morgan fingerprint density at radius 3 is 2.41 bits per heavy atom. The second-order valence-corrected chi connectivity index (χ2v) is 9.98. The lowest BCUT2D eigenvalue weighted by Gasteiger charge is -2.16. The van der Waals surface area contributed by atoms with Crippen LogP contribution in [0.15, 0.2) is 65.6 Å². The third-order valence-corrected chi connectivity index (χ3v) is 7.18. The van der Waals surface area contributed by atoms with E-state index in [4.69, 9.17) is 10.5 Å². The minimum atomic E-state index is -3.96. The van der Waals surface area contributed by atoms with Crippen molar-refractivity contribution in [2.45, 2.75) is 11.8 Å². The molecule has 0 saturated carbocycles. The molecule has 4 rings (SSSR count). The number of hydrogen-bond acceptors (Lipinski definition) is 7. The Balaban J connectivity index is 1.83. The van der Waals surface area contributed by atoms with Crippen LogP contribution in [-0.2, 0) is 14.8 Å². The zero-order chi connectivity index (χ0) is 24.5. The number of primary amides is 1. The monoisotopic (exact) mass is 496 g/mol. The van der Waals surface area contributed by atoms with Gasteiger partial charge in [-0.05, 0) is 47.5 Å². The SMILES string of the molecule is COc1c(NS(=O)(=O)c2ccccc2)cc(-c2ccc3nc(NC(C)=O)sc3c2)cc1C(N)=O. The van der Waals surface area contributed by atoms with E-state index in [1.54, 1.807) is 42.5 Å². The number of nitrogens with one attached hydrogen (secondary N) is 2. The van der Waals surface area contributed by atoms with Crippen molar-refractivity contribution in [3.63, 3.8) is 0 Å². The lowest BCUT2D eigenvalue weighted by molar-refractivity contribution is -0.114. The fourth-order valence-electron chi connectivity index (χ4n) is 3.39. The van der Waals surface area contributed by atoms with Gasteiger partial charge >= 0.3 is 0 Å². The van der Waals surface area contributed by atoms with Crippen molar-refractivity contribution in [2.24, 2.45) is 5.73 Å². The number of anilines is 2. The van der Waals surface area contributed by atoms with Crippen molar-refractivity contribution < 1.29 is 22.7 Å². The van der Waals surface area contributed by atoms with Gasteiger partial charge < -0.3 is 15.8 Å². The van der Waals surface area contributed by atoms with Crippen molar-refractivity contribution in [2.75, 3.05) is 17.1 Å². The largest absolute Gasteiger partial charge is 0.494 e. The lowest BCUT2D eigenvalue weighted by Crippen LogP contribution is -2.17. The molecule has 0 unspecified atom stereocenters. The maximum absolute atomic E-state index is 12.9. The van der Waals surface area contributed by atoms with Crippen LogP contribution in [0.3, 0.4) is 0 Å². The van der Waals surface area contributed by atoms with Crippen LogP contribution in [0.2, 0.25) is 0 Å². The van der Waals surface area contributed by atoms with Crippen LogP contribution in [-0.4, -0.2) is 32.3 Å². The maximum atomic E-state index is 12.9. The van der Waals surface area contributed by atoms with Gasteiger partial charge in [0.2, 0.25) is 5.91 Å². The molecule has 11 heteroatoms. The summed E-state index contributed by atoms with van der Waals surface area (Å²) in [5.74, 6) is -0.982. The molecule has 4 N–H and O–H groups in total. The Morgan fingerprint density at radius 1 is 1.03 bits per heavy atom. The number of benzene rings is 3. The van der Waals surface area contributed by atoms with Crippen LogP contribution in [0, 0.1) is 0 Å². The number of sulfonamides is 1. The molecule has 4 aromatic rings. The van der Waals surface area contributed by atoms with Crippen LogP contribution in [0.4, 0.5) is 10.8 Å². The number of hydrogen-bond donors (Lipinski definition) is 3. The van der Waals surface area contributed by atoms with Gasteiger partial charge in [-0.3, -0.25) is 14.3 Å². The number of rotatable bonds is 7. The molecule has 0 saturated heterocycles. The highest BCUT2D eigenvalue weighted by Crippen LogP contribution is 2.37. The standard InChI is InChI=1S/C23H20N4O5S2/c1-13(28)25-23-26-18-9-8-14(12-20(18)33-23)15-10-17(22(24)29)21(32-2)19(11-15)27-34(30,31)16-6-4-3-5-7-16/h3-12,27H,1-2H3,(H2,24,29)(H,25,26,28). The van der Waals surface area contributed by atoms with Crippen molar-refractivity contribution in [3.05, 3.63) is 66.2 Å². The minimum absolute atomic E-state index is 0.0163. The van der Waals surface area contributed by atoms with E-state index >= 15 is 0 Å². The quantitative estimate of drug-likeness (QED) is 0.355. The van der Waals surface area contributed by atoms with E-state index in [1.807, 2.05) is 6.07 Å². The Labute approximate surface area is 199 Å². The maximum Gasteiger partial charge on any atom is 0.262 e. The van der Waals surface area contributed by atoms with Gasteiger partial charge in [-0.25, -0.2) is 13.4 Å². The van der Waals surface area contributed by atoms with E-state index in [9.17, 15) is 18.0 Å². The summed E-state index contributed by atoms with van der Waals surface area (Å²) in [5, 5.41) is 3.12. The molecule has 0 aliphatic rings. The van der Waals surface area contributed by atoms with Gasteiger partial charge in [0.15, 0.2) is 10.9 Å². The van der Waals surface area contributed by atoms with Gasteiger partial charge in [-0.2, -0.15) is 0 Å². The molecule has 9 nitrogen and oxygen atoms in total. The fourth-order valence-corrected chi connectivity index (χ4v) is 5.41. The first-order valence-corrected chi connectivity index (χ1v) is 12.3. The molecular weight excluding hydrogens is 476 g/mol. The molecule has 1 aromatic heterocycles. The molecular formula is C23H20N4O5S2. The lowest BCUT2D eigenvalue weighted by atomic mass is 10.0. The fraction of sp³-hybridized carbons (Fsp3) is 0.0870. The van der Waals surface area contributed by atoms with E-state index in [0.717, 1.165) is 4.70 Å². The normalized spacial score (nSPS) is 11.2. The van der Waals surface area contributed by atoms with Gasteiger partial charge in [-0.15, -0.1) is 0 Å². The highest BCUT2D eigenvalue weighted by atomic mass is 32.2. The predicted molar refractivity (Wildman–Crippen MR) is 132 cm³/mol. The minimum Gasteiger partial charge on any atom is -0.494 e. The van der Waals surface area contributed by atoms with E-state index in [-0.39, 0.29) is 27.8 Å². The first-order chi connectivity index (χ1) is 16.2. The number of methoxy groups -OCH3 is 1. The molecule has 0 aliphatic heterocycles. The zero-order valence-electron chi connectivity index (χ0n) is 18.2. The average Bonchev–Trinajstić information content (AvgIpc) is 3.19. The number of ether oxygens (including phenoxy) is 1. The summed E-state index contributed by atoms with van der Waals surface area (Å²) in [5.41, 5.74) is 7.58. The summed E-state index contributed by atoms with van der Waals surface area (Å²) in [6.45, 7) is 1.40. The van der Waals surface area contributed by atoms with Crippen LogP contribution in [0.1, 0.15) is 17.3 Å². The van der Waals surface area contributed by atoms with Crippen LogP contribution >= 0.6 is 11.3 Å². The Bertz CT molecular complexity index is 1520. The summed E-state index contributed by atoms with van der Waals surface area (Å²) >= 11 is 1.29. The van der Waals surface area contributed by atoms with Crippen LogP contribution in [0.25, 0.3) is 21.3 Å². The van der Waals surface area contributed by atoms with Gasteiger partial charge in [0.1, 0.15) is 0 Å². The average molecular weight is 497 g/mol. The summed E-state index contributed by atoms with van der Waals surface area (Å²) in [6.07, 6.45) is 0. The van der Waals surface area contributed by atoms with E-state index in [0.29, 0.717) is 21.8 Å². The van der Waals surface area contributed by atoms with E-state index < -0.39 is 15.9 Å². The molecule has 0 spiro atoms. The number of carbonyl (C=O) groups is 2. The summed E-state index contributed by atoms with van der Waals surface area (Å²) in [7, 11) is -2.63. The Morgan fingerprint density at radius 2 is 1.76 bits per heavy atom. The van der Waals surface area contributed by atoms with Gasteiger partial charge in [0.25, 0.3) is 15.9 Å². The number of amides is 2. The molecule has 2 amide bonds. The Hall–Kier alpha value is -3.96. The third kappa shape index (κ3) is 4.70. The zero-order valence-corrected chi connectivity index (χ0v) is 19.8. The van der Waals surface area contributed by atoms with E-state index in [1.165, 1.54) is 37.5 Å². The van der Waals surface area contributed by atoms with Gasteiger partial charge in [0.05, 0.1) is 33.5 Å². The van der Waals surface area contributed by atoms with Crippen molar-refractivity contribution in [1.82, 2.24) is 4.98 Å². The summed E-state index contributed by atoms with van der Waals surface area (Å²) in [6, 6.07) is 16.3. The molecule has 0 fully saturated rings. The molecule has 0 aliphatic carbocycles. The van der Waals surface area contributed by atoms with Crippen LogP contribution < -0.4 is 20.5 Å². The molecule has 0 radical (unpaired) electrons. The third-order valence-electron chi connectivity index (χ3n) is 4.86. The second-order valence-electron chi connectivity index (χ2n) is 7.27. The number of fused-ring (bicyclic) bond motifs is 1. The number of nitrogens with zero attached hydrogens (tertiary/aromatic N) is 1.